The van der Waals surface area contributed by atoms with Gasteiger partial charge >= 0.3 is 23.9 Å². The molecule has 34 heavy (non-hydrogen) atoms. The van der Waals surface area contributed by atoms with Gasteiger partial charge in [0.05, 0.1) is 5.56 Å². The van der Waals surface area contributed by atoms with Crippen LogP contribution in [0.25, 0.3) is 11.1 Å². The Morgan fingerprint density at radius 1 is 0.735 bits per heavy atom. The molecule has 0 atom stereocenters. The normalized spacial score (nSPS) is 10.1. The third kappa shape index (κ3) is 7.74. The smallest absolute Gasteiger partial charge is 0.338 e. The maximum absolute atomic E-state index is 12.6. The Morgan fingerprint density at radius 3 is 1.94 bits per heavy atom. The molecule has 8 heteroatoms. The quantitative estimate of drug-likeness (QED) is 0.219. The Morgan fingerprint density at radius 2 is 1.35 bits per heavy atom. The molecule has 0 saturated carbocycles. The van der Waals surface area contributed by atoms with E-state index in [9.17, 15) is 19.2 Å². The summed E-state index contributed by atoms with van der Waals surface area (Å²) in [7, 11) is 0. The van der Waals surface area contributed by atoms with Gasteiger partial charge in [0, 0.05) is 17.6 Å². The summed E-state index contributed by atoms with van der Waals surface area (Å²) in [5.41, 5.74) is 1.89. The van der Waals surface area contributed by atoms with Gasteiger partial charge in [-0.05, 0) is 55.3 Å². The summed E-state index contributed by atoms with van der Waals surface area (Å²) >= 11 is 0. The van der Waals surface area contributed by atoms with E-state index < -0.39 is 23.9 Å². The topological polar surface area (TPSA) is 105 Å². The van der Waals surface area contributed by atoms with Gasteiger partial charge < -0.3 is 18.9 Å². The first-order valence-electron chi connectivity index (χ1n) is 10.4. The van der Waals surface area contributed by atoms with Crippen molar-refractivity contribution in [3.05, 3.63) is 72.3 Å². The van der Waals surface area contributed by atoms with Gasteiger partial charge in [0.25, 0.3) is 0 Å². The van der Waals surface area contributed by atoms with Crippen LogP contribution >= 0.6 is 0 Å². The maximum Gasteiger partial charge on any atom is 0.338 e. The Kier molecular flexibility index (Phi) is 9.31. The highest BCUT2D eigenvalue weighted by molar-refractivity contribution is 5.92. The first kappa shape index (κ1) is 26.1. The van der Waals surface area contributed by atoms with Gasteiger partial charge in [0.2, 0.25) is 0 Å². The number of carbonyl (C=O) groups is 4. The van der Waals surface area contributed by atoms with Crippen LogP contribution in [0.15, 0.2) is 66.8 Å². The molecule has 0 fully saturated rings. The zero-order chi connectivity index (χ0) is 25.3. The molecule has 0 aliphatic rings. The van der Waals surface area contributed by atoms with Crippen molar-refractivity contribution in [3.63, 3.8) is 0 Å². The second-order valence-corrected chi connectivity index (χ2v) is 7.32. The number of rotatable bonds is 10. The molecule has 0 N–H and O–H groups in total. The Labute approximate surface area is 197 Å². The molecule has 0 bridgehead atoms. The van der Waals surface area contributed by atoms with E-state index in [0.717, 1.165) is 0 Å². The molecule has 0 aliphatic heterocycles. The van der Waals surface area contributed by atoms with E-state index in [1.54, 1.807) is 50.2 Å². The van der Waals surface area contributed by atoms with Crippen LogP contribution in [0.2, 0.25) is 0 Å². The van der Waals surface area contributed by atoms with Crippen LogP contribution in [0.5, 0.6) is 11.5 Å². The fraction of sp³-hybridized carbons (Fsp3) is 0.231. The number of ether oxygens (including phenoxy) is 4. The lowest BCUT2D eigenvalue weighted by atomic mass is 10.0. The van der Waals surface area contributed by atoms with Gasteiger partial charge in [-0.15, -0.1) is 0 Å². The first-order valence-corrected chi connectivity index (χ1v) is 10.4. The third-order valence-corrected chi connectivity index (χ3v) is 4.31. The van der Waals surface area contributed by atoms with Crippen molar-refractivity contribution in [2.24, 2.45) is 0 Å². The molecule has 0 unspecified atom stereocenters. The van der Waals surface area contributed by atoms with Crippen molar-refractivity contribution in [2.75, 3.05) is 13.2 Å². The van der Waals surface area contributed by atoms with E-state index >= 15 is 0 Å². The predicted octanol–water partition coefficient (Wildman–Crippen LogP) is 4.43. The monoisotopic (exact) mass is 466 g/mol. The summed E-state index contributed by atoms with van der Waals surface area (Å²) < 4.78 is 20.5. The summed E-state index contributed by atoms with van der Waals surface area (Å²) in [6, 6.07) is 11.1. The van der Waals surface area contributed by atoms with Crippen LogP contribution in [0.3, 0.4) is 0 Å². The highest BCUT2D eigenvalue weighted by Gasteiger charge is 2.15. The van der Waals surface area contributed by atoms with Crippen molar-refractivity contribution in [3.8, 4) is 22.6 Å². The fourth-order valence-electron chi connectivity index (χ4n) is 2.53. The van der Waals surface area contributed by atoms with Crippen molar-refractivity contribution in [1.29, 1.82) is 0 Å². The highest BCUT2D eigenvalue weighted by Crippen LogP contribution is 2.28. The second kappa shape index (κ2) is 12.2. The summed E-state index contributed by atoms with van der Waals surface area (Å²) in [4.78, 5) is 47.5. The van der Waals surface area contributed by atoms with Crippen molar-refractivity contribution < 1.29 is 38.1 Å². The highest BCUT2D eigenvalue weighted by atomic mass is 16.6. The molecule has 2 aromatic rings. The van der Waals surface area contributed by atoms with Crippen molar-refractivity contribution in [1.82, 2.24) is 0 Å². The molecule has 8 nitrogen and oxygen atoms in total. The molecule has 0 aliphatic carbocycles. The van der Waals surface area contributed by atoms with E-state index in [0.29, 0.717) is 16.9 Å². The number of benzene rings is 2. The second-order valence-electron chi connectivity index (χ2n) is 7.32. The minimum absolute atomic E-state index is 0.126. The largest absolute Gasteiger partial charge is 0.459 e. The molecule has 2 rings (SSSR count). The molecule has 0 radical (unpaired) electrons. The molecule has 0 aromatic heterocycles. The summed E-state index contributed by atoms with van der Waals surface area (Å²) in [5, 5.41) is 0. The van der Waals surface area contributed by atoms with E-state index in [2.05, 4.69) is 13.2 Å². The van der Waals surface area contributed by atoms with Crippen molar-refractivity contribution in [2.45, 2.75) is 27.2 Å². The Balaban J connectivity index is 2.23. The average Bonchev–Trinajstić information content (AvgIpc) is 2.81. The fourth-order valence-corrected chi connectivity index (χ4v) is 2.53. The molecule has 0 saturated heterocycles. The molecule has 0 amide bonds. The lowest BCUT2D eigenvalue weighted by Crippen LogP contribution is -2.14. The molecule has 2 aromatic carbocycles. The number of hydrogen-bond donors (Lipinski definition) is 0. The molecule has 178 valence electrons. The summed E-state index contributed by atoms with van der Waals surface area (Å²) in [5.74, 6) is -1.78. The number of hydrogen-bond acceptors (Lipinski definition) is 8. The van der Waals surface area contributed by atoms with Crippen molar-refractivity contribution >= 4 is 23.9 Å². The van der Waals surface area contributed by atoms with E-state index in [1.165, 1.54) is 13.0 Å². The van der Waals surface area contributed by atoms with Gasteiger partial charge in [-0.25, -0.2) is 14.4 Å². The van der Waals surface area contributed by atoms with Crippen LogP contribution < -0.4 is 9.47 Å². The van der Waals surface area contributed by atoms with Gasteiger partial charge in [-0.2, -0.15) is 0 Å². The first-order chi connectivity index (χ1) is 16.1. The standard InChI is InChI=1S/C26H26O8/c1-6-23(27)33-22-14-19(18-7-9-21(10-8-18)34-25(29)17(4)5)13-20(15-22)26(30)32-12-11-31-24(28)16(2)3/h7-10,13-15H,2,4,6,11-12H2,1,3,5H3. The zero-order valence-corrected chi connectivity index (χ0v) is 19.3. The molecule has 0 heterocycles. The Bertz CT molecular complexity index is 1110. The lowest BCUT2D eigenvalue weighted by Gasteiger charge is -2.11. The molecular weight excluding hydrogens is 440 g/mol. The van der Waals surface area contributed by atoms with Gasteiger partial charge in [0.1, 0.15) is 24.7 Å². The van der Waals surface area contributed by atoms with Crippen LogP contribution in [0.1, 0.15) is 37.6 Å². The van der Waals surface area contributed by atoms with E-state index in [-0.39, 0.29) is 42.1 Å². The molecular formula is C26H26O8. The third-order valence-electron chi connectivity index (χ3n) is 4.31. The predicted molar refractivity (Wildman–Crippen MR) is 124 cm³/mol. The van der Waals surface area contributed by atoms with Crippen LogP contribution in [0.4, 0.5) is 0 Å². The van der Waals surface area contributed by atoms with Gasteiger partial charge in [0.15, 0.2) is 0 Å². The Hall–Kier alpha value is -4.20. The minimum atomic E-state index is -0.686. The van der Waals surface area contributed by atoms with E-state index in [1.807, 2.05) is 0 Å². The number of carbonyl (C=O) groups excluding carboxylic acids is 4. The zero-order valence-electron chi connectivity index (χ0n) is 19.3. The van der Waals surface area contributed by atoms with Gasteiger partial charge in [-0.3, -0.25) is 4.79 Å². The van der Waals surface area contributed by atoms with Crippen LogP contribution in [-0.2, 0) is 23.9 Å². The minimum Gasteiger partial charge on any atom is -0.459 e. The SMILES string of the molecule is C=C(C)C(=O)OCCOC(=O)c1cc(OC(=O)CC)cc(-c2ccc(OC(=O)C(=C)C)cc2)c1. The maximum atomic E-state index is 12.6. The number of esters is 4. The lowest BCUT2D eigenvalue weighted by molar-refractivity contribution is -0.140. The van der Waals surface area contributed by atoms with Crippen LogP contribution in [-0.4, -0.2) is 37.1 Å². The summed E-state index contributed by atoms with van der Waals surface area (Å²) in [6.07, 6.45) is 0.154. The van der Waals surface area contributed by atoms with Crippen LogP contribution in [0, 0.1) is 0 Å². The van der Waals surface area contributed by atoms with Gasteiger partial charge in [-0.1, -0.05) is 32.2 Å². The summed E-state index contributed by atoms with van der Waals surface area (Å²) in [6.45, 7) is 11.4. The van der Waals surface area contributed by atoms with E-state index in [4.69, 9.17) is 18.9 Å². The molecule has 0 spiro atoms. The average molecular weight is 466 g/mol.